The van der Waals surface area contributed by atoms with Crippen LogP contribution in [0.2, 0.25) is 5.02 Å². The van der Waals surface area contributed by atoms with Crippen molar-refractivity contribution >= 4 is 40.4 Å². The van der Waals surface area contributed by atoms with Crippen LogP contribution in [0.15, 0.2) is 46.6 Å². The zero-order chi connectivity index (χ0) is 21.6. The molecule has 1 amide bonds. The van der Waals surface area contributed by atoms with Gasteiger partial charge in [-0.05, 0) is 19.1 Å². The van der Waals surface area contributed by atoms with Crippen molar-refractivity contribution in [3.8, 4) is 11.5 Å². The zero-order valence-electron chi connectivity index (χ0n) is 15.7. The second-order valence-electron chi connectivity index (χ2n) is 5.66. The smallest absolute Gasteiger partial charge is 0.296 e. The monoisotopic (exact) mass is 420 g/mol. The highest BCUT2D eigenvalue weighted by molar-refractivity contribution is 6.32. The molecule has 2 aromatic rings. The van der Waals surface area contributed by atoms with Gasteiger partial charge in [-0.2, -0.15) is 5.11 Å². The van der Waals surface area contributed by atoms with Gasteiger partial charge in [-0.3, -0.25) is 19.7 Å². The highest BCUT2D eigenvalue weighted by Crippen LogP contribution is 2.37. The number of para-hydroxylation sites is 1. The molecular formula is C18H17ClN4O6. The van der Waals surface area contributed by atoms with Crippen LogP contribution < -0.4 is 14.8 Å². The van der Waals surface area contributed by atoms with Crippen molar-refractivity contribution < 1.29 is 24.0 Å². The average molecular weight is 421 g/mol. The molecule has 0 aliphatic heterocycles. The molecule has 0 saturated carbocycles. The fourth-order valence-corrected chi connectivity index (χ4v) is 2.63. The minimum absolute atomic E-state index is 0.0780. The molecule has 0 fully saturated rings. The summed E-state index contributed by atoms with van der Waals surface area (Å²) in [7, 11) is 2.82. The third-order valence-electron chi connectivity index (χ3n) is 3.69. The largest absolute Gasteiger partial charge is 0.493 e. The van der Waals surface area contributed by atoms with E-state index in [0.29, 0.717) is 0 Å². The number of ketones is 1. The van der Waals surface area contributed by atoms with Gasteiger partial charge in [0.15, 0.2) is 23.0 Å². The Morgan fingerprint density at radius 2 is 1.90 bits per heavy atom. The predicted octanol–water partition coefficient (Wildman–Crippen LogP) is 3.95. The normalized spacial score (nSPS) is 11.7. The molecule has 2 aromatic carbocycles. The van der Waals surface area contributed by atoms with E-state index in [-0.39, 0.29) is 33.6 Å². The molecule has 0 heterocycles. The molecule has 0 saturated heterocycles. The number of nitro benzene ring substituents is 1. The summed E-state index contributed by atoms with van der Waals surface area (Å²) in [6.07, 6.45) is 0. The molecule has 0 aromatic heterocycles. The lowest BCUT2D eigenvalue weighted by atomic mass is 10.2. The van der Waals surface area contributed by atoms with E-state index in [1.165, 1.54) is 50.6 Å². The average Bonchev–Trinajstić information content (AvgIpc) is 2.67. The van der Waals surface area contributed by atoms with E-state index in [1.807, 2.05) is 0 Å². The number of anilines is 1. The lowest BCUT2D eigenvalue weighted by Gasteiger charge is -2.13. The van der Waals surface area contributed by atoms with Gasteiger partial charge in [0.2, 0.25) is 6.04 Å². The Hall–Kier alpha value is -3.53. The zero-order valence-corrected chi connectivity index (χ0v) is 16.5. The Morgan fingerprint density at radius 3 is 2.48 bits per heavy atom. The number of methoxy groups -OCH3 is 2. The van der Waals surface area contributed by atoms with Crippen molar-refractivity contribution in [1.29, 1.82) is 0 Å². The Bertz CT molecular complexity index is 979. The summed E-state index contributed by atoms with van der Waals surface area (Å²) in [4.78, 5) is 34.8. The summed E-state index contributed by atoms with van der Waals surface area (Å²) in [5.74, 6) is -0.831. The fraction of sp³-hybridized carbons (Fsp3) is 0.222. The van der Waals surface area contributed by atoms with E-state index in [1.54, 1.807) is 0 Å². The summed E-state index contributed by atoms with van der Waals surface area (Å²) in [6.45, 7) is 1.16. The Labute approximate surface area is 170 Å². The van der Waals surface area contributed by atoms with Crippen LogP contribution in [-0.4, -0.2) is 36.9 Å². The van der Waals surface area contributed by atoms with E-state index in [4.69, 9.17) is 21.1 Å². The molecule has 29 heavy (non-hydrogen) atoms. The first kappa shape index (κ1) is 21.8. The summed E-state index contributed by atoms with van der Waals surface area (Å²) in [6, 6.07) is 6.94. The number of carbonyl (C=O) groups is 2. The van der Waals surface area contributed by atoms with E-state index < -0.39 is 22.7 Å². The van der Waals surface area contributed by atoms with Crippen LogP contribution in [0.1, 0.15) is 6.92 Å². The molecule has 2 rings (SSSR count). The number of nitro groups is 1. The van der Waals surface area contributed by atoms with Crippen molar-refractivity contribution in [1.82, 2.24) is 0 Å². The number of hydrogen-bond donors (Lipinski definition) is 1. The lowest BCUT2D eigenvalue weighted by molar-refractivity contribution is -0.384. The maximum absolute atomic E-state index is 12.5. The summed E-state index contributed by atoms with van der Waals surface area (Å²) >= 11 is 6.10. The van der Waals surface area contributed by atoms with Crippen LogP contribution >= 0.6 is 11.6 Å². The Balaban J connectivity index is 2.28. The minimum Gasteiger partial charge on any atom is -0.493 e. The van der Waals surface area contributed by atoms with Gasteiger partial charge in [0.25, 0.3) is 11.6 Å². The topological polar surface area (TPSA) is 132 Å². The molecule has 0 radical (unpaired) electrons. The molecule has 10 nitrogen and oxygen atoms in total. The molecule has 1 unspecified atom stereocenters. The maximum Gasteiger partial charge on any atom is 0.296 e. The number of amides is 1. The number of halogens is 1. The van der Waals surface area contributed by atoms with Crippen molar-refractivity contribution in [3.05, 3.63) is 51.5 Å². The molecular weight excluding hydrogens is 404 g/mol. The van der Waals surface area contributed by atoms with Crippen LogP contribution in [0.3, 0.4) is 0 Å². The molecule has 152 valence electrons. The van der Waals surface area contributed by atoms with Crippen molar-refractivity contribution in [2.75, 3.05) is 19.5 Å². The van der Waals surface area contributed by atoms with Crippen LogP contribution in [0.4, 0.5) is 17.1 Å². The molecule has 1 N–H and O–H groups in total. The summed E-state index contributed by atoms with van der Waals surface area (Å²) < 4.78 is 10.3. The van der Waals surface area contributed by atoms with Gasteiger partial charge in [0.1, 0.15) is 0 Å². The fourth-order valence-electron chi connectivity index (χ4n) is 2.34. The molecule has 0 aliphatic rings. The van der Waals surface area contributed by atoms with Crippen LogP contribution in [0, 0.1) is 10.1 Å². The lowest BCUT2D eigenvalue weighted by Crippen LogP contribution is -2.31. The molecule has 0 bridgehead atoms. The van der Waals surface area contributed by atoms with Crippen molar-refractivity contribution in [3.63, 3.8) is 0 Å². The predicted molar refractivity (Wildman–Crippen MR) is 105 cm³/mol. The first-order valence-corrected chi connectivity index (χ1v) is 8.53. The van der Waals surface area contributed by atoms with Gasteiger partial charge in [0.05, 0.1) is 24.2 Å². The number of rotatable bonds is 8. The number of azo groups is 1. The summed E-state index contributed by atoms with van der Waals surface area (Å²) in [5.41, 5.74) is -0.138. The molecule has 1 atom stereocenters. The molecule has 11 heteroatoms. The van der Waals surface area contributed by atoms with Gasteiger partial charge >= 0.3 is 0 Å². The van der Waals surface area contributed by atoms with E-state index >= 15 is 0 Å². The van der Waals surface area contributed by atoms with Gasteiger partial charge < -0.3 is 14.8 Å². The van der Waals surface area contributed by atoms with E-state index in [9.17, 15) is 19.7 Å². The van der Waals surface area contributed by atoms with Crippen molar-refractivity contribution in [2.45, 2.75) is 13.0 Å². The standard InChI is InChI=1S/C18H17ClN4O6/c1-10(24)16(22-21-13-6-4-5-7-14(13)23(26)27)18(25)20-11-8-12(19)17(29-3)15(9-11)28-2/h4-9,16H,1-3H3,(H,20,25). The highest BCUT2D eigenvalue weighted by atomic mass is 35.5. The van der Waals surface area contributed by atoms with E-state index in [2.05, 4.69) is 15.5 Å². The second-order valence-corrected chi connectivity index (χ2v) is 6.06. The highest BCUT2D eigenvalue weighted by Gasteiger charge is 2.25. The SMILES string of the molecule is COc1cc(NC(=O)C(N=Nc2ccccc2[N+](=O)[O-])C(C)=O)cc(Cl)c1OC. The first-order valence-electron chi connectivity index (χ1n) is 8.15. The Morgan fingerprint density at radius 1 is 1.21 bits per heavy atom. The number of hydrogen-bond acceptors (Lipinski definition) is 8. The van der Waals surface area contributed by atoms with Gasteiger partial charge in [-0.1, -0.05) is 23.7 Å². The third kappa shape index (κ3) is 5.26. The second kappa shape index (κ2) is 9.60. The van der Waals surface area contributed by atoms with Gasteiger partial charge in [0, 0.05) is 17.8 Å². The maximum atomic E-state index is 12.5. The van der Waals surface area contributed by atoms with E-state index in [0.717, 1.165) is 6.92 Å². The van der Waals surface area contributed by atoms with Crippen LogP contribution in [-0.2, 0) is 9.59 Å². The van der Waals surface area contributed by atoms with Crippen LogP contribution in [0.5, 0.6) is 11.5 Å². The quantitative estimate of drug-likeness (QED) is 0.297. The molecule has 0 spiro atoms. The number of benzene rings is 2. The number of Topliss-reactive ketones (excluding diaryl/α,β-unsaturated/α-hetero) is 1. The summed E-state index contributed by atoms with van der Waals surface area (Å²) in [5, 5.41) is 21.1. The number of carbonyl (C=O) groups excluding carboxylic acids is 2. The minimum atomic E-state index is -1.51. The number of nitrogens with one attached hydrogen (secondary N) is 1. The number of nitrogens with zero attached hydrogens (tertiary/aromatic N) is 3. The Kier molecular flexibility index (Phi) is 7.21. The molecule has 0 aliphatic carbocycles. The van der Waals surface area contributed by atoms with Crippen LogP contribution in [0.25, 0.3) is 0 Å². The van der Waals surface area contributed by atoms with Gasteiger partial charge in [-0.15, -0.1) is 5.11 Å². The first-order chi connectivity index (χ1) is 13.8. The number of ether oxygens (including phenoxy) is 2. The van der Waals surface area contributed by atoms with Gasteiger partial charge in [-0.25, -0.2) is 0 Å². The third-order valence-corrected chi connectivity index (χ3v) is 3.97. The van der Waals surface area contributed by atoms with Crippen molar-refractivity contribution in [2.24, 2.45) is 10.2 Å².